The summed E-state index contributed by atoms with van der Waals surface area (Å²) < 4.78 is 34.1. The van der Waals surface area contributed by atoms with E-state index in [1.165, 1.54) is 26.4 Å². The Morgan fingerprint density at radius 3 is 2.50 bits per heavy atom. The number of benzene rings is 2. The third kappa shape index (κ3) is 5.03. The highest BCUT2D eigenvalue weighted by molar-refractivity contribution is 7.90. The van der Waals surface area contributed by atoms with Crippen molar-refractivity contribution in [3.63, 3.8) is 0 Å². The molecule has 0 fully saturated rings. The van der Waals surface area contributed by atoms with Crippen LogP contribution < -0.4 is 20.1 Å². The van der Waals surface area contributed by atoms with E-state index < -0.39 is 9.84 Å². The number of anilines is 2. The second kappa shape index (κ2) is 8.29. The Kier molecular flexibility index (Phi) is 6.33. The lowest BCUT2D eigenvalue weighted by Gasteiger charge is -2.15. The molecule has 140 valence electrons. The SMILES string of the molecule is COc1cccc(NC(=O)CNc2cc(Cl)cc(S(C)(=O)=O)c2OC)c1. The second-order valence-electron chi connectivity index (χ2n) is 5.39. The number of carbonyl (C=O) groups is 1. The van der Waals surface area contributed by atoms with Crippen molar-refractivity contribution in [3.8, 4) is 11.5 Å². The highest BCUT2D eigenvalue weighted by Crippen LogP contribution is 2.35. The summed E-state index contributed by atoms with van der Waals surface area (Å²) in [5.41, 5.74) is 0.882. The maximum atomic E-state index is 12.1. The minimum absolute atomic E-state index is 0.0526. The van der Waals surface area contributed by atoms with Crippen molar-refractivity contribution >= 4 is 38.7 Å². The molecule has 0 saturated carbocycles. The van der Waals surface area contributed by atoms with Crippen LogP contribution in [0.5, 0.6) is 11.5 Å². The Labute approximate surface area is 157 Å². The van der Waals surface area contributed by atoms with E-state index in [0.717, 1.165) is 6.26 Å². The first-order valence-electron chi connectivity index (χ1n) is 7.50. The third-order valence-corrected chi connectivity index (χ3v) is 4.74. The zero-order chi connectivity index (χ0) is 19.3. The average molecular weight is 399 g/mol. The van der Waals surface area contributed by atoms with Crippen LogP contribution in [0.3, 0.4) is 0 Å². The summed E-state index contributed by atoms with van der Waals surface area (Å²) in [5, 5.41) is 5.77. The largest absolute Gasteiger partial charge is 0.497 e. The molecule has 2 aromatic rings. The molecule has 9 heteroatoms. The molecule has 7 nitrogen and oxygen atoms in total. The summed E-state index contributed by atoms with van der Waals surface area (Å²) >= 11 is 5.99. The smallest absolute Gasteiger partial charge is 0.243 e. The van der Waals surface area contributed by atoms with E-state index in [9.17, 15) is 13.2 Å². The first-order chi connectivity index (χ1) is 12.2. The van der Waals surface area contributed by atoms with Gasteiger partial charge in [0, 0.05) is 23.0 Å². The van der Waals surface area contributed by atoms with E-state index in [0.29, 0.717) is 17.1 Å². The van der Waals surface area contributed by atoms with Gasteiger partial charge in [0.05, 0.1) is 26.5 Å². The van der Waals surface area contributed by atoms with E-state index in [1.807, 2.05) is 0 Å². The number of sulfone groups is 1. The summed E-state index contributed by atoms with van der Waals surface area (Å²) in [6.07, 6.45) is 1.06. The molecule has 0 radical (unpaired) electrons. The summed E-state index contributed by atoms with van der Waals surface area (Å²) in [7, 11) is -0.668. The highest BCUT2D eigenvalue weighted by Gasteiger charge is 2.19. The van der Waals surface area contributed by atoms with Gasteiger partial charge < -0.3 is 20.1 Å². The zero-order valence-corrected chi connectivity index (χ0v) is 16.1. The van der Waals surface area contributed by atoms with E-state index in [4.69, 9.17) is 21.1 Å². The normalized spacial score (nSPS) is 10.9. The van der Waals surface area contributed by atoms with Crippen LogP contribution in [0, 0.1) is 0 Å². The Hall–Kier alpha value is -2.45. The topological polar surface area (TPSA) is 93.7 Å². The Morgan fingerprint density at radius 2 is 1.88 bits per heavy atom. The van der Waals surface area contributed by atoms with Crippen molar-refractivity contribution in [1.29, 1.82) is 0 Å². The number of hydrogen-bond donors (Lipinski definition) is 2. The van der Waals surface area contributed by atoms with Crippen LogP contribution in [0.4, 0.5) is 11.4 Å². The molecule has 0 aromatic heterocycles. The fourth-order valence-electron chi connectivity index (χ4n) is 2.27. The lowest BCUT2D eigenvalue weighted by Crippen LogP contribution is -2.22. The lowest BCUT2D eigenvalue weighted by molar-refractivity contribution is -0.114. The molecule has 0 saturated heterocycles. The molecule has 0 bridgehead atoms. The Balaban J connectivity index is 2.16. The molecule has 26 heavy (non-hydrogen) atoms. The third-order valence-electron chi connectivity index (χ3n) is 3.42. The van der Waals surface area contributed by atoms with Crippen LogP contribution in [-0.4, -0.2) is 41.3 Å². The van der Waals surface area contributed by atoms with E-state index in [1.54, 1.807) is 24.3 Å². The van der Waals surface area contributed by atoms with Crippen molar-refractivity contribution in [3.05, 3.63) is 41.4 Å². The van der Waals surface area contributed by atoms with Crippen molar-refractivity contribution in [2.24, 2.45) is 0 Å². The molecular formula is C17H19ClN2O5S. The number of methoxy groups -OCH3 is 2. The molecule has 1 amide bonds. The second-order valence-corrected chi connectivity index (χ2v) is 7.81. The number of amides is 1. The molecule has 2 N–H and O–H groups in total. The fourth-order valence-corrected chi connectivity index (χ4v) is 3.42. The van der Waals surface area contributed by atoms with E-state index in [-0.39, 0.29) is 28.1 Å². The van der Waals surface area contributed by atoms with Crippen LogP contribution >= 0.6 is 11.6 Å². The molecule has 0 heterocycles. The highest BCUT2D eigenvalue weighted by atomic mass is 35.5. The minimum atomic E-state index is -3.55. The van der Waals surface area contributed by atoms with Gasteiger partial charge in [-0.3, -0.25) is 4.79 Å². The lowest BCUT2D eigenvalue weighted by atomic mass is 10.2. The monoisotopic (exact) mass is 398 g/mol. The van der Waals surface area contributed by atoms with Crippen molar-refractivity contribution in [2.75, 3.05) is 37.7 Å². The summed E-state index contributed by atoms with van der Waals surface area (Å²) in [6, 6.07) is 9.71. The Bertz CT molecular complexity index is 915. The number of halogens is 1. The summed E-state index contributed by atoms with van der Waals surface area (Å²) in [6.45, 7) is -0.114. The van der Waals surface area contributed by atoms with Crippen molar-refractivity contribution in [1.82, 2.24) is 0 Å². The van der Waals surface area contributed by atoms with E-state index in [2.05, 4.69) is 10.6 Å². The van der Waals surface area contributed by atoms with Gasteiger partial charge in [-0.05, 0) is 24.3 Å². The number of carbonyl (C=O) groups excluding carboxylic acids is 1. The van der Waals surface area contributed by atoms with Crippen LogP contribution in [-0.2, 0) is 14.6 Å². The molecular weight excluding hydrogens is 380 g/mol. The van der Waals surface area contributed by atoms with Gasteiger partial charge >= 0.3 is 0 Å². The molecule has 0 aliphatic heterocycles. The fraction of sp³-hybridized carbons (Fsp3) is 0.235. The van der Waals surface area contributed by atoms with Gasteiger partial charge in [-0.2, -0.15) is 0 Å². The first kappa shape index (κ1) is 19.9. The van der Waals surface area contributed by atoms with Gasteiger partial charge in [-0.1, -0.05) is 17.7 Å². The molecule has 0 unspecified atom stereocenters. The minimum Gasteiger partial charge on any atom is -0.497 e. The van der Waals surface area contributed by atoms with Crippen molar-refractivity contribution in [2.45, 2.75) is 4.90 Å². The number of ether oxygens (including phenoxy) is 2. The van der Waals surface area contributed by atoms with Crippen LogP contribution in [0.2, 0.25) is 5.02 Å². The van der Waals surface area contributed by atoms with Crippen LogP contribution in [0.1, 0.15) is 0 Å². The Morgan fingerprint density at radius 1 is 1.15 bits per heavy atom. The predicted octanol–water partition coefficient (Wildman–Crippen LogP) is 2.81. The van der Waals surface area contributed by atoms with Crippen LogP contribution in [0.15, 0.2) is 41.3 Å². The van der Waals surface area contributed by atoms with Gasteiger partial charge in [0.15, 0.2) is 15.6 Å². The van der Waals surface area contributed by atoms with Gasteiger partial charge in [0.25, 0.3) is 0 Å². The number of rotatable bonds is 7. The summed E-state index contributed by atoms with van der Waals surface area (Å²) in [5.74, 6) is 0.386. The van der Waals surface area contributed by atoms with Gasteiger partial charge in [0.1, 0.15) is 10.6 Å². The van der Waals surface area contributed by atoms with Gasteiger partial charge in [-0.25, -0.2) is 8.42 Å². The number of hydrogen-bond acceptors (Lipinski definition) is 6. The van der Waals surface area contributed by atoms with E-state index >= 15 is 0 Å². The number of nitrogens with one attached hydrogen (secondary N) is 2. The first-order valence-corrected chi connectivity index (χ1v) is 9.77. The zero-order valence-electron chi connectivity index (χ0n) is 14.5. The quantitative estimate of drug-likeness (QED) is 0.744. The molecule has 2 rings (SSSR count). The molecule has 0 aliphatic carbocycles. The maximum absolute atomic E-state index is 12.1. The summed E-state index contributed by atoms with van der Waals surface area (Å²) in [4.78, 5) is 12.1. The predicted molar refractivity (Wildman–Crippen MR) is 101 cm³/mol. The maximum Gasteiger partial charge on any atom is 0.243 e. The molecule has 0 aliphatic rings. The molecule has 0 atom stereocenters. The van der Waals surface area contributed by atoms with Crippen molar-refractivity contribution < 1.29 is 22.7 Å². The molecule has 0 spiro atoms. The van der Waals surface area contributed by atoms with Gasteiger partial charge in [0.2, 0.25) is 5.91 Å². The standard InChI is InChI=1S/C17H19ClN2O5S/c1-24-13-6-4-5-12(9-13)20-16(21)10-19-14-7-11(18)8-15(17(14)25-2)26(3,22)23/h4-9,19H,10H2,1-3H3,(H,20,21). The average Bonchev–Trinajstić information content (AvgIpc) is 2.58. The van der Waals surface area contributed by atoms with Gasteiger partial charge in [-0.15, -0.1) is 0 Å². The van der Waals surface area contributed by atoms with Crippen LogP contribution in [0.25, 0.3) is 0 Å². The molecule has 2 aromatic carbocycles.